The number of nitriles is 1. The van der Waals surface area contributed by atoms with Gasteiger partial charge in [-0.1, -0.05) is 65.0 Å². The number of anilines is 1. The number of nitrogens with one attached hydrogen (secondary N) is 3. The van der Waals surface area contributed by atoms with Gasteiger partial charge in [-0.05, 0) is 60.4 Å². The highest BCUT2D eigenvalue weighted by Crippen LogP contribution is 2.22. The van der Waals surface area contributed by atoms with Crippen LogP contribution in [0.15, 0.2) is 54.6 Å². The van der Waals surface area contributed by atoms with Crippen molar-refractivity contribution in [2.45, 2.75) is 78.4 Å². The molecule has 2 aromatic rings. The molecule has 4 rings (SSSR count). The van der Waals surface area contributed by atoms with Crippen LogP contribution in [0.1, 0.15) is 59.4 Å². The van der Waals surface area contributed by atoms with Crippen molar-refractivity contribution in [1.29, 1.82) is 5.26 Å². The highest BCUT2D eigenvalue weighted by molar-refractivity contribution is 5.90. The molecule has 5 amide bonds. The van der Waals surface area contributed by atoms with E-state index in [0.29, 0.717) is 30.4 Å². The minimum Gasteiger partial charge on any atom is -0.335 e. The second kappa shape index (κ2) is 17.7. The number of halogens is 1. The van der Waals surface area contributed by atoms with Crippen molar-refractivity contribution >= 4 is 29.9 Å². The number of likely N-dealkylation sites (N-methyl/N-ethyl adjacent to an activating group) is 1. The molecule has 0 spiro atoms. The maximum absolute atomic E-state index is 13.2. The lowest BCUT2D eigenvalue weighted by Crippen LogP contribution is -2.53. The van der Waals surface area contributed by atoms with Gasteiger partial charge in [-0.2, -0.15) is 5.26 Å². The summed E-state index contributed by atoms with van der Waals surface area (Å²) in [5.74, 6) is -0.881. The lowest BCUT2D eigenvalue weighted by atomic mass is 10.0. The molecule has 2 aromatic carbocycles. The number of rotatable bonds is 9. The van der Waals surface area contributed by atoms with E-state index in [1.807, 2.05) is 37.3 Å². The molecule has 2 fully saturated rings. The lowest BCUT2D eigenvalue weighted by molar-refractivity contribution is -0.140. The van der Waals surface area contributed by atoms with Crippen molar-refractivity contribution in [2.75, 3.05) is 25.5 Å². The van der Waals surface area contributed by atoms with Crippen LogP contribution in [-0.4, -0.2) is 72.3 Å². The molecule has 45 heavy (non-hydrogen) atoms. The van der Waals surface area contributed by atoms with E-state index in [1.54, 1.807) is 12.1 Å². The summed E-state index contributed by atoms with van der Waals surface area (Å²) in [5, 5.41) is 17.3. The summed E-state index contributed by atoms with van der Waals surface area (Å²) in [5.41, 5.74) is 2.01. The van der Waals surface area contributed by atoms with Crippen LogP contribution in [0.2, 0.25) is 0 Å². The Morgan fingerprint density at radius 3 is 2.22 bits per heavy atom. The Balaban J connectivity index is 0.000000415. The first-order valence-corrected chi connectivity index (χ1v) is 15.2. The van der Waals surface area contributed by atoms with Gasteiger partial charge in [0.15, 0.2) is 0 Å². The zero-order valence-electron chi connectivity index (χ0n) is 27.2. The number of hydrogen-bond donors (Lipinski definition) is 3. The van der Waals surface area contributed by atoms with Crippen molar-refractivity contribution in [3.8, 4) is 6.07 Å². The zero-order valence-corrected chi connectivity index (χ0v) is 27.2. The van der Waals surface area contributed by atoms with E-state index in [2.05, 4.69) is 49.7 Å². The molecule has 0 bridgehead atoms. The second-order valence-corrected chi connectivity index (χ2v) is 13.1. The van der Waals surface area contributed by atoms with Gasteiger partial charge in [0, 0.05) is 31.7 Å². The van der Waals surface area contributed by atoms with Gasteiger partial charge < -0.3 is 25.8 Å². The van der Waals surface area contributed by atoms with Gasteiger partial charge in [0.05, 0.1) is 12.6 Å². The van der Waals surface area contributed by atoms with E-state index in [4.69, 9.17) is 0 Å². The van der Waals surface area contributed by atoms with Crippen molar-refractivity contribution < 1.29 is 23.6 Å². The average Bonchev–Trinajstić information content (AvgIpc) is 3.70. The van der Waals surface area contributed by atoms with Crippen LogP contribution in [0.3, 0.4) is 0 Å². The Hall–Kier alpha value is -4.46. The largest absolute Gasteiger partial charge is 0.335 e. The standard InChI is InChI=1S/C22H28FN5O3.C7H7NO.C5H12/c1-14-9-18(11-24)28(12-14)20(29)13-27(2)21(30)19(26-22(31)25-17-7-8-17)10-15-3-5-16(23)6-4-15;9-6-8-7-4-2-1-3-5-7;1-5(2,3)4/h3-6,14,17-19H,7-10,12-13H2,1-2H3,(H2,25,26,31);1-6H,(H,8,9);1-4H3. The molecule has 1 saturated heterocycles. The molecule has 1 aliphatic carbocycles. The fourth-order valence-electron chi connectivity index (χ4n) is 4.35. The first kappa shape index (κ1) is 36.7. The maximum Gasteiger partial charge on any atom is 0.315 e. The fourth-order valence-corrected chi connectivity index (χ4v) is 4.35. The first-order valence-electron chi connectivity index (χ1n) is 15.2. The smallest absolute Gasteiger partial charge is 0.315 e. The Kier molecular flexibility index (Phi) is 14.5. The molecule has 244 valence electrons. The second-order valence-electron chi connectivity index (χ2n) is 13.1. The molecule has 1 aliphatic heterocycles. The molecule has 11 heteroatoms. The van der Waals surface area contributed by atoms with Crippen molar-refractivity contribution in [1.82, 2.24) is 20.4 Å². The Morgan fingerprint density at radius 1 is 1.09 bits per heavy atom. The van der Waals surface area contributed by atoms with Crippen LogP contribution in [0, 0.1) is 28.5 Å². The summed E-state index contributed by atoms with van der Waals surface area (Å²) in [6, 6.07) is 15.4. The molecule has 10 nitrogen and oxygen atoms in total. The zero-order chi connectivity index (χ0) is 33.6. The van der Waals surface area contributed by atoms with Crippen molar-refractivity contribution in [3.63, 3.8) is 0 Å². The monoisotopic (exact) mass is 622 g/mol. The Morgan fingerprint density at radius 2 is 1.69 bits per heavy atom. The molecule has 2 aliphatic rings. The normalized spacial score (nSPS) is 17.6. The molecular weight excluding hydrogens is 575 g/mol. The molecule has 3 unspecified atom stereocenters. The summed E-state index contributed by atoms with van der Waals surface area (Å²) >= 11 is 0. The third kappa shape index (κ3) is 14.7. The maximum atomic E-state index is 13.2. The number of likely N-dealkylation sites (tertiary alicyclic amines) is 1. The van der Waals surface area contributed by atoms with Gasteiger partial charge in [-0.3, -0.25) is 14.4 Å². The molecular formula is C34H47FN6O4. The third-order valence-corrected chi connectivity index (χ3v) is 6.60. The molecule has 0 aromatic heterocycles. The summed E-state index contributed by atoms with van der Waals surface area (Å²) in [7, 11) is 1.50. The SMILES string of the molecule is CC(C)(C)C.CC1CC(C#N)N(C(=O)CN(C)C(=O)C(Cc2ccc(F)cc2)NC(=O)NC2CC2)C1.O=CNc1ccccc1. The number of para-hydroxylation sites is 1. The Labute approximate surface area is 266 Å². The van der Waals surface area contributed by atoms with Crippen LogP contribution in [0.5, 0.6) is 0 Å². The number of urea groups is 1. The fraction of sp³-hybridized carbons (Fsp3) is 0.500. The van der Waals surface area contributed by atoms with Gasteiger partial charge in [0.25, 0.3) is 0 Å². The predicted molar refractivity (Wildman–Crippen MR) is 172 cm³/mol. The van der Waals surface area contributed by atoms with Crippen LogP contribution in [0.25, 0.3) is 0 Å². The highest BCUT2D eigenvalue weighted by atomic mass is 19.1. The number of benzene rings is 2. The number of amides is 5. The summed E-state index contributed by atoms with van der Waals surface area (Å²) < 4.78 is 13.2. The molecule has 3 N–H and O–H groups in total. The van der Waals surface area contributed by atoms with Crippen LogP contribution >= 0.6 is 0 Å². The molecule has 1 heterocycles. The number of hydrogen-bond acceptors (Lipinski definition) is 5. The Bertz CT molecular complexity index is 1280. The average molecular weight is 623 g/mol. The summed E-state index contributed by atoms with van der Waals surface area (Å²) in [4.78, 5) is 50.7. The first-order chi connectivity index (χ1) is 21.2. The van der Waals surface area contributed by atoms with Crippen LogP contribution in [0.4, 0.5) is 14.9 Å². The van der Waals surface area contributed by atoms with E-state index in [1.165, 1.54) is 29.0 Å². The minimum atomic E-state index is -0.911. The van der Waals surface area contributed by atoms with E-state index >= 15 is 0 Å². The minimum absolute atomic E-state index is 0.126. The number of carbonyl (C=O) groups excluding carboxylic acids is 4. The van der Waals surface area contributed by atoms with Crippen molar-refractivity contribution in [3.05, 3.63) is 66.0 Å². The predicted octanol–water partition coefficient (Wildman–Crippen LogP) is 4.72. The van der Waals surface area contributed by atoms with Gasteiger partial charge >= 0.3 is 6.03 Å². The quantitative estimate of drug-likeness (QED) is 0.348. The van der Waals surface area contributed by atoms with Crippen LogP contribution in [-0.2, 0) is 20.8 Å². The molecule has 1 saturated carbocycles. The summed E-state index contributed by atoms with van der Waals surface area (Å²) in [6.45, 7) is 11.0. The summed E-state index contributed by atoms with van der Waals surface area (Å²) in [6.07, 6.45) is 3.27. The van der Waals surface area contributed by atoms with E-state index in [0.717, 1.165) is 18.5 Å². The molecule has 3 atom stereocenters. The van der Waals surface area contributed by atoms with E-state index in [9.17, 15) is 28.8 Å². The number of nitrogens with zero attached hydrogens (tertiary/aromatic N) is 3. The lowest BCUT2D eigenvalue weighted by Gasteiger charge is -2.27. The van der Waals surface area contributed by atoms with E-state index < -0.39 is 24.0 Å². The topological polar surface area (TPSA) is 135 Å². The highest BCUT2D eigenvalue weighted by Gasteiger charge is 2.35. The van der Waals surface area contributed by atoms with Gasteiger partial charge in [0.1, 0.15) is 17.9 Å². The van der Waals surface area contributed by atoms with Crippen LogP contribution < -0.4 is 16.0 Å². The van der Waals surface area contributed by atoms with Gasteiger partial charge in [-0.15, -0.1) is 0 Å². The van der Waals surface area contributed by atoms with Gasteiger partial charge in [-0.25, -0.2) is 9.18 Å². The van der Waals surface area contributed by atoms with Gasteiger partial charge in [0.2, 0.25) is 18.2 Å². The molecule has 0 radical (unpaired) electrons. The van der Waals surface area contributed by atoms with E-state index in [-0.39, 0.29) is 36.6 Å². The number of carbonyl (C=O) groups is 4. The third-order valence-electron chi connectivity index (χ3n) is 6.60. The van der Waals surface area contributed by atoms with Crippen molar-refractivity contribution in [2.24, 2.45) is 11.3 Å².